The van der Waals surface area contributed by atoms with Gasteiger partial charge in [-0.25, -0.2) is 4.39 Å². The molecule has 3 N–H and O–H groups in total. The molecule has 0 radical (unpaired) electrons. The highest BCUT2D eigenvalue weighted by molar-refractivity contribution is 5.95. The van der Waals surface area contributed by atoms with Gasteiger partial charge in [-0.05, 0) is 55.5 Å². The molecule has 1 unspecified atom stereocenters. The maximum absolute atomic E-state index is 14.2. The molecule has 1 aromatic carbocycles. The first-order valence-electron chi connectivity index (χ1n) is 8.43. The van der Waals surface area contributed by atoms with E-state index in [9.17, 15) is 14.0 Å². The summed E-state index contributed by atoms with van der Waals surface area (Å²) in [6.07, 6.45) is 3.52. The Morgan fingerprint density at radius 2 is 2.12 bits per heavy atom. The SMILES string of the molecule is CC(NC(=O)c1ccc(C(N)=O)cn1)c1ccc(OCC2CC2)c(F)c1. The number of carbonyl (C=O) groups is 2. The van der Waals surface area contributed by atoms with Crippen molar-refractivity contribution in [2.24, 2.45) is 11.7 Å². The molecule has 7 heteroatoms. The Morgan fingerprint density at radius 1 is 1.35 bits per heavy atom. The summed E-state index contributed by atoms with van der Waals surface area (Å²) in [6, 6.07) is 7.08. The second-order valence-corrected chi connectivity index (χ2v) is 6.44. The molecule has 3 rings (SSSR count). The Labute approximate surface area is 150 Å². The fourth-order valence-electron chi connectivity index (χ4n) is 2.42. The van der Waals surface area contributed by atoms with Crippen LogP contribution in [0, 0.1) is 11.7 Å². The summed E-state index contributed by atoms with van der Waals surface area (Å²) in [4.78, 5) is 27.2. The van der Waals surface area contributed by atoms with E-state index in [4.69, 9.17) is 10.5 Å². The van der Waals surface area contributed by atoms with Gasteiger partial charge in [-0.15, -0.1) is 0 Å². The standard InChI is InChI=1S/C19H20FN3O3/c1-11(23-19(25)16-6-4-14(9-22-16)18(21)24)13-5-7-17(15(20)8-13)26-10-12-2-3-12/h4-9,11-12H,2-3,10H2,1H3,(H2,21,24)(H,23,25). The van der Waals surface area contributed by atoms with Crippen molar-refractivity contribution in [1.29, 1.82) is 0 Å². The lowest BCUT2D eigenvalue weighted by atomic mass is 10.1. The zero-order chi connectivity index (χ0) is 18.7. The van der Waals surface area contributed by atoms with E-state index in [0.29, 0.717) is 18.1 Å². The fraction of sp³-hybridized carbons (Fsp3) is 0.316. The van der Waals surface area contributed by atoms with Crippen molar-refractivity contribution >= 4 is 11.8 Å². The monoisotopic (exact) mass is 357 g/mol. The Kier molecular flexibility index (Phi) is 5.16. The first-order valence-corrected chi connectivity index (χ1v) is 8.43. The van der Waals surface area contributed by atoms with E-state index in [2.05, 4.69) is 10.3 Å². The topological polar surface area (TPSA) is 94.3 Å². The molecule has 0 aliphatic heterocycles. The number of nitrogens with zero attached hydrogens (tertiary/aromatic N) is 1. The van der Waals surface area contributed by atoms with Gasteiger partial charge in [-0.1, -0.05) is 6.07 Å². The van der Waals surface area contributed by atoms with Gasteiger partial charge < -0.3 is 15.8 Å². The third kappa shape index (κ3) is 4.36. The van der Waals surface area contributed by atoms with Gasteiger partial charge in [0.1, 0.15) is 5.69 Å². The van der Waals surface area contributed by atoms with E-state index in [-0.39, 0.29) is 17.0 Å². The smallest absolute Gasteiger partial charge is 0.270 e. The largest absolute Gasteiger partial charge is 0.490 e. The zero-order valence-corrected chi connectivity index (χ0v) is 14.4. The summed E-state index contributed by atoms with van der Waals surface area (Å²) >= 11 is 0. The van der Waals surface area contributed by atoms with Gasteiger partial charge in [0, 0.05) is 6.20 Å². The van der Waals surface area contributed by atoms with Crippen LogP contribution < -0.4 is 15.8 Å². The number of rotatable bonds is 7. The Morgan fingerprint density at radius 3 is 2.69 bits per heavy atom. The summed E-state index contributed by atoms with van der Waals surface area (Å²) < 4.78 is 19.6. The second-order valence-electron chi connectivity index (χ2n) is 6.44. The number of nitrogens with two attached hydrogens (primary N) is 1. The molecule has 1 aliphatic rings. The van der Waals surface area contributed by atoms with Crippen LogP contribution in [0.3, 0.4) is 0 Å². The minimum Gasteiger partial charge on any atom is -0.490 e. The van der Waals surface area contributed by atoms with Crippen molar-refractivity contribution in [2.45, 2.75) is 25.8 Å². The molecule has 1 fully saturated rings. The third-order valence-electron chi connectivity index (χ3n) is 4.26. The molecule has 136 valence electrons. The van der Waals surface area contributed by atoms with Crippen molar-refractivity contribution in [3.63, 3.8) is 0 Å². The lowest BCUT2D eigenvalue weighted by Crippen LogP contribution is -2.27. The number of aromatic nitrogens is 1. The zero-order valence-electron chi connectivity index (χ0n) is 14.4. The number of pyridine rings is 1. The first kappa shape index (κ1) is 17.8. The molecule has 1 saturated carbocycles. The number of amides is 2. The molecule has 1 heterocycles. The molecule has 0 bridgehead atoms. The van der Waals surface area contributed by atoms with Crippen molar-refractivity contribution in [3.8, 4) is 5.75 Å². The number of ether oxygens (including phenoxy) is 1. The molecule has 2 aromatic rings. The van der Waals surface area contributed by atoms with Crippen LogP contribution in [-0.4, -0.2) is 23.4 Å². The highest BCUT2D eigenvalue weighted by Crippen LogP contribution is 2.30. The maximum Gasteiger partial charge on any atom is 0.270 e. The van der Waals surface area contributed by atoms with E-state index < -0.39 is 23.7 Å². The Balaban J connectivity index is 1.62. The van der Waals surface area contributed by atoms with Gasteiger partial charge in [-0.2, -0.15) is 0 Å². The van der Waals surface area contributed by atoms with Gasteiger partial charge in [0.25, 0.3) is 5.91 Å². The van der Waals surface area contributed by atoms with E-state index in [1.54, 1.807) is 19.1 Å². The van der Waals surface area contributed by atoms with Crippen molar-refractivity contribution in [1.82, 2.24) is 10.3 Å². The van der Waals surface area contributed by atoms with Crippen LogP contribution in [0.25, 0.3) is 0 Å². The second kappa shape index (κ2) is 7.51. The number of halogens is 1. The predicted octanol–water partition coefficient (Wildman–Crippen LogP) is 2.60. The first-order chi connectivity index (χ1) is 12.4. The van der Waals surface area contributed by atoms with Crippen LogP contribution in [0.15, 0.2) is 36.5 Å². The van der Waals surface area contributed by atoms with Crippen LogP contribution >= 0.6 is 0 Å². The molecule has 1 aliphatic carbocycles. The quantitative estimate of drug-likeness (QED) is 0.796. The third-order valence-corrected chi connectivity index (χ3v) is 4.26. The molecule has 0 saturated heterocycles. The predicted molar refractivity (Wildman–Crippen MR) is 93.3 cm³/mol. The molecule has 2 amide bonds. The number of hydrogen-bond donors (Lipinski definition) is 2. The summed E-state index contributed by atoms with van der Waals surface area (Å²) in [6.45, 7) is 2.28. The van der Waals surface area contributed by atoms with Crippen LogP contribution in [0.5, 0.6) is 5.75 Å². The van der Waals surface area contributed by atoms with Crippen molar-refractivity contribution in [2.75, 3.05) is 6.61 Å². The van der Waals surface area contributed by atoms with Gasteiger partial charge >= 0.3 is 0 Å². The maximum atomic E-state index is 14.2. The van der Waals surface area contributed by atoms with Gasteiger partial charge in [0.2, 0.25) is 5.91 Å². The van der Waals surface area contributed by atoms with E-state index in [1.807, 2.05) is 0 Å². The summed E-state index contributed by atoms with van der Waals surface area (Å²) in [5, 5.41) is 2.74. The summed E-state index contributed by atoms with van der Waals surface area (Å²) in [7, 11) is 0. The molecule has 1 atom stereocenters. The lowest BCUT2D eigenvalue weighted by Gasteiger charge is -2.15. The molecule has 0 spiro atoms. The summed E-state index contributed by atoms with van der Waals surface area (Å²) in [5.41, 5.74) is 6.12. The van der Waals surface area contributed by atoms with E-state index in [1.165, 1.54) is 24.4 Å². The van der Waals surface area contributed by atoms with Gasteiger partial charge in [0.05, 0.1) is 18.2 Å². The Bertz CT molecular complexity index is 819. The number of nitrogens with one attached hydrogen (secondary N) is 1. The normalized spacial score (nSPS) is 14.5. The highest BCUT2D eigenvalue weighted by atomic mass is 19.1. The van der Waals surface area contributed by atoms with Gasteiger partial charge in [0.15, 0.2) is 11.6 Å². The average Bonchev–Trinajstić information content (AvgIpc) is 3.45. The van der Waals surface area contributed by atoms with Crippen LogP contribution in [0.1, 0.15) is 52.2 Å². The van der Waals surface area contributed by atoms with Crippen molar-refractivity contribution in [3.05, 3.63) is 59.2 Å². The molecular formula is C19H20FN3O3. The molecule has 1 aromatic heterocycles. The number of carbonyl (C=O) groups excluding carboxylic acids is 2. The molecule has 26 heavy (non-hydrogen) atoms. The van der Waals surface area contributed by atoms with Crippen LogP contribution in [-0.2, 0) is 0 Å². The number of benzene rings is 1. The lowest BCUT2D eigenvalue weighted by molar-refractivity contribution is 0.0932. The van der Waals surface area contributed by atoms with Crippen LogP contribution in [0.2, 0.25) is 0 Å². The molecule has 6 nitrogen and oxygen atoms in total. The number of hydrogen-bond acceptors (Lipinski definition) is 4. The fourth-order valence-corrected chi connectivity index (χ4v) is 2.42. The Hall–Kier alpha value is -2.96. The summed E-state index contributed by atoms with van der Waals surface area (Å²) in [5.74, 6) is -0.725. The van der Waals surface area contributed by atoms with E-state index >= 15 is 0 Å². The number of primary amides is 1. The minimum atomic E-state index is -0.614. The van der Waals surface area contributed by atoms with E-state index in [0.717, 1.165) is 12.8 Å². The van der Waals surface area contributed by atoms with Crippen molar-refractivity contribution < 1.29 is 18.7 Å². The molecular weight excluding hydrogens is 337 g/mol. The minimum absolute atomic E-state index is 0.145. The average molecular weight is 357 g/mol. The van der Waals surface area contributed by atoms with Crippen LogP contribution in [0.4, 0.5) is 4.39 Å². The van der Waals surface area contributed by atoms with Gasteiger partial charge in [-0.3, -0.25) is 14.6 Å². The highest BCUT2D eigenvalue weighted by Gasteiger charge is 2.22.